The molecule has 1 heterocycles. The first-order valence-electron chi connectivity index (χ1n) is 5.78. The van der Waals surface area contributed by atoms with E-state index < -0.39 is 0 Å². The third kappa shape index (κ3) is 2.49. The van der Waals surface area contributed by atoms with E-state index in [1.165, 1.54) is 25.7 Å². The Balaban J connectivity index is 2.16. The van der Waals surface area contributed by atoms with E-state index in [0.717, 1.165) is 24.3 Å². The van der Waals surface area contributed by atoms with Crippen molar-refractivity contribution in [1.29, 1.82) is 0 Å². The summed E-state index contributed by atoms with van der Waals surface area (Å²) < 4.78 is 13.4. The standard InChI is InChI=1S/C13H18FN/c1-11-6-7-12(10-13(11)14)15-8-4-2-3-5-9-15/h6-7,10H,2-5,8-9H2,1H3. The maximum Gasteiger partial charge on any atom is 0.128 e. The molecule has 1 aliphatic heterocycles. The fourth-order valence-electron chi connectivity index (χ4n) is 2.11. The summed E-state index contributed by atoms with van der Waals surface area (Å²) in [5.74, 6) is -0.0863. The summed E-state index contributed by atoms with van der Waals surface area (Å²) >= 11 is 0. The second-order valence-electron chi connectivity index (χ2n) is 4.33. The van der Waals surface area contributed by atoms with Gasteiger partial charge in [0.05, 0.1) is 0 Å². The van der Waals surface area contributed by atoms with Crippen LogP contribution in [0.25, 0.3) is 0 Å². The van der Waals surface area contributed by atoms with Gasteiger partial charge in [0.2, 0.25) is 0 Å². The molecular weight excluding hydrogens is 189 g/mol. The second kappa shape index (κ2) is 4.65. The van der Waals surface area contributed by atoms with Crippen molar-refractivity contribution in [3.63, 3.8) is 0 Å². The van der Waals surface area contributed by atoms with Gasteiger partial charge in [0, 0.05) is 18.8 Å². The van der Waals surface area contributed by atoms with Crippen LogP contribution in [0.4, 0.5) is 10.1 Å². The lowest BCUT2D eigenvalue weighted by atomic mass is 10.2. The molecule has 82 valence electrons. The molecule has 0 atom stereocenters. The number of nitrogens with zero attached hydrogens (tertiary/aromatic N) is 1. The quantitative estimate of drug-likeness (QED) is 0.681. The molecule has 0 N–H and O–H groups in total. The van der Waals surface area contributed by atoms with Crippen LogP contribution in [0.1, 0.15) is 31.2 Å². The van der Waals surface area contributed by atoms with E-state index in [2.05, 4.69) is 4.90 Å². The van der Waals surface area contributed by atoms with Gasteiger partial charge < -0.3 is 4.90 Å². The third-order valence-electron chi connectivity index (χ3n) is 3.13. The number of aryl methyl sites for hydroxylation is 1. The average molecular weight is 207 g/mol. The Morgan fingerprint density at radius 1 is 1.07 bits per heavy atom. The lowest BCUT2D eigenvalue weighted by Crippen LogP contribution is -2.23. The first-order chi connectivity index (χ1) is 7.27. The normalized spacial score (nSPS) is 17.6. The van der Waals surface area contributed by atoms with E-state index in [4.69, 9.17) is 0 Å². The minimum absolute atomic E-state index is 0.0863. The molecule has 15 heavy (non-hydrogen) atoms. The molecule has 0 radical (unpaired) electrons. The molecule has 1 fully saturated rings. The predicted octanol–water partition coefficient (Wildman–Crippen LogP) is 3.51. The minimum Gasteiger partial charge on any atom is -0.371 e. The molecule has 1 aromatic carbocycles. The van der Waals surface area contributed by atoms with Gasteiger partial charge >= 0.3 is 0 Å². The molecule has 2 heteroatoms. The van der Waals surface area contributed by atoms with Crippen LogP contribution in [-0.4, -0.2) is 13.1 Å². The van der Waals surface area contributed by atoms with Crippen LogP contribution in [0.2, 0.25) is 0 Å². The van der Waals surface area contributed by atoms with E-state index in [1.54, 1.807) is 6.07 Å². The summed E-state index contributed by atoms with van der Waals surface area (Å²) in [6.45, 7) is 3.95. The average Bonchev–Trinajstić information content (AvgIpc) is 2.50. The summed E-state index contributed by atoms with van der Waals surface area (Å²) in [6, 6.07) is 5.57. The summed E-state index contributed by atoms with van der Waals surface area (Å²) in [5, 5.41) is 0. The molecule has 0 amide bonds. The molecule has 0 aromatic heterocycles. The smallest absolute Gasteiger partial charge is 0.128 e. The molecule has 0 saturated carbocycles. The predicted molar refractivity (Wildman–Crippen MR) is 61.8 cm³/mol. The second-order valence-corrected chi connectivity index (χ2v) is 4.33. The van der Waals surface area contributed by atoms with Crippen LogP contribution >= 0.6 is 0 Å². The van der Waals surface area contributed by atoms with Crippen molar-refractivity contribution in [1.82, 2.24) is 0 Å². The van der Waals surface area contributed by atoms with E-state index in [9.17, 15) is 4.39 Å². The van der Waals surface area contributed by atoms with Crippen molar-refractivity contribution < 1.29 is 4.39 Å². The summed E-state index contributed by atoms with van der Waals surface area (Å²) in [6.07, 6.45) is 5.08. The maximum atomic E-state index is 13.4. The van der Waals surface area contributed by atoms with Crippen molar-refractivity contribution in [3.8, 4) is 0 Å². The maximum absolute atomic E-state index is 13.4. The van der Waals surface area contributed by atoms with Gasteiger partial charge in [-0.25, -0.2) is 4.39 Å². The molecule has 0 spiro atoms. The van der Waals surface area contributed by atoms with Crippen molar-refractivity contribution in [3.05, 3.63) is 29.6 Å². The fourth-order valence-corrected chi connectivity index (χ4v) is 2.11. The number of hydrogen-bond acceptors (Lipinski definition) is 1. The van der Waals surface area contributed by atoms with Crippen LogP contribution in [-0.2, 0) is 0 Å². The van der Waals surface area contributed by atoms with E-state index in [-0.39, 0.29) is 5.82 Å². The van der Waals surface area contributed by atoms with Crippen LogP contribution in [0.15, 0.2) is 18.2 Å². The summed E-state index contributed by atoms with van der Waals surface area (Å²) in [4.78, 5) is 2.30. The van der Waals surface area contributed by atoms with Crippen LogP contribution in [0.3, 0.4) is 0 Å². The zero-order chi connectivity index (χ0) is 10.7. The Morgan fingerprint density at radius 3 is 2.33 bits per heavy atom. The summed E-state index contributed by atoms with van der Waals surface area (Å²) in [7, 11) is 0. The Kier molecular flexibility index (Phi) is 3.24. The highest BCUT2D eigenvalue weighted by Gasteiger charge is 2.10. The highest BCUT2D eigenvalue weighted by Crippen LogP contribution is 2.21. The zero-order valence-electron chi connectivity index (χ0n) is 9.30. The van der Waals surface area contributed by atoms with Gasteiger partial charge in [0.15, 0.2) is 0 Å². The fraction of sp³-hybridized carbons (Fsp3) is 0.538. The molecule has 2 rings (SSSR count). The van der Waals surface area contributed by atoms with Gasteiger partial charge in [-0.15, -0.1) is 0 Å². The number of halogens is 1. The minimum atomic E-state index is -0.0863. The molecule has 0 unspecified atom stereocenters. The lowest BCUT2D eigenvalue weighted by molar-refractivity contribution is 0.617. The van der Waals surface area contributed by atoms with Gasteiger partial charge in [-0.1, -0.05) is 18.9 Å². The van der Waals surface area contributed by atoms with E-state index >= 15 is 0 Å². The van der Waals surface area contributed by atoms with Crippen LogP contribution in [0, 0.1) is 12.7 Å². The van der Waals surface area contributed by atoms with Crippen molar-refractivity contribution in [2.24, 2.45) is 0 Å². The molecule has 0 aliphatic carbocycles. The van der Waals surface area contributed by atoms with Crippen molar-refractivity contribution >= 4 is 5.69 Å². The molecular formula is C13H18FN. The van der Waals surface area contributed by atoms with Gasteiger partial charge in [0.1, 0.15) is 5.82 Å². The lowest BCUT2D eigenvalue weighted by Gasteiger charge is -2.22. The number of hydrogen-bond donors (Lipinski definition) is 0. The number of anilines is 1. The van der Waals surface area contributed by atoms with Gasteiger partial charge in [-0.2, -0.15) is 0 Å². The molecule has 1 aromatic rings. The Labute approximate surface area is 90.9 Å². The van der Waals surface area contributed by atoms with Crippen molar-refractivity contribution in [2.45, 2.75) is 32.6 Å². The van der Waals surface area contributed by atoms with Gasteiger partial charge in [-0.05, 0) is 37.5 Å². The Bertz CT molecular complexity index is 327. The third-order valence-corrected chi connectivity index (χ3v) is 3.13. The van der Waals surface area contributed by atoms with Crippen LogP contribution < -0.4 is 4.90 Å². The molecule has 1 saturated heterocycles. The van der Waals surface area contributed by atoms with E-state index in [0.29, 0.717) is 0 Å². The van der Waals surface area contributed by atoms with Gasteiger partial charge in [0.25, 0.3) is 0 Å². The highest BCUT2D eigenvalue weighted by molar-refractivity contribution is 5.48. The Morgan fingerprint density at radius 2 is 1.73 bits per heavy atom. The SMILES string of the molecule is Cc1ccc(N2CCCCCC2)cc1F. The van der Waals surface area contributed by atoms with E-state index in [1.807, 2.05) is 19.1 Å². The zero-order valence-corrected chi connectivity index (χ0v) is 9.30. The first kappa shape index (κ1) is 10.5. The Hall–Kier alpha value is -1.05. The van der Waals surface area contributed by atoms with Crippen LogP contribution in [0.5, 0.6) is 0 Å². The van der Waals surface area contributed by atoms with Gasteiger partial charge in [-0.3, -0.25) is 0 Å². The monoisotopic (exact) mass is 207 g/mol. The largest absolute Gasteiger partial charge is 0.371 e. The topological polar surface area (TPSA) is 3.24 Å². The number of rotatable bonds is 1. The molecule has 0 bridgehead atoms. The molecule has 1 aliphatic rings. The molecule has 1 nitrogen and oxygen atoms in total. The summed E-state index contributed by atoms with van der Waals surface area (Å²) in [5.41, 5.74) is 1.77. The first-order valence-corrected chi connectivity index (χ1v) is 5.78. The highest BCUT2D eigenvalue weighted by atomic mass is 19.1. The number of benzene rings is 1. The van der Waals surface area contributed by atoms with Crippen molar-refractivity contribution in [2.75, 3.05) is 18.0 Å².